The van der Waals surface area contributed by atoms with Crippen LogP contribution in [0.5, 0.6) is 0 Å². The highest BCUT2D eigenvalue weighted by Crippen LogP contribution is 2.19. The van der Waals surface area contributed by atoms with Crippen molar-refractivity contribution in [2.45, 2.75) is 379 Å². The number of allylic oxidation sites excluding steroid dienone is 4. The lowest BCUT2D eigenvalue weighted by atomic mass is 10.0. The fraction of sp³-hybridized carbons (Fsp3) is 0.910. The number of aliphatic hydroxyl groups is 2. The summed E-state index contributed by atoms with van der Waals surface area (Å²) in [6.07, 6.45) is 77.7. The third-order valence-electron chi connectivity index (χ3n) is 15.5. The monoisotopic (exact) mass is 1030 g/mol. The van der Waals surface area contributed by atoms with Gasteiger partial charge in [0.15, 0.2) is 0 Å². The van der Waals surface area contributed by atoms with Gasteiger partial charge >= 0.3 is 5.97 Å². The molecule has 0 aromatic heterocycles. The maximum Gasteiger partial charge on any atom is 0.305 e. The van der Waals surface area contributed by atoms with E-state index in [1.54, 1.807) is 0 Å². The average Bonchev–Trinajstić information content (AvgIpc) is 3.39. The third kappa shape index (κ3) is 59.4. The summed E-state index contributed by atoms with van der Waals surface area (Å²) < 4.78 is 5.47. The van der Waals surface area contributed by atoms with Crippen molar-refractivity contribution in [2.24, 2.45) is 0 Å². The second-order valence-corrected chi connectivity index (χ2v) is 22.8. The van der Waals surface area contributed by atoms with E-state index in [4.69, 9.17) is 4.74 Å². The predicted octanol–water partition coefficient (Wildman–Crippen LogP) is 21.0. The summed E-state index contributed by atoms with van der Waals surface area (Å²) in [7, 11) is 0. The second kappa shape index (κ2) is 62.9. The lowest BCUT2D eigenvalue weighted by Crippen LogP contribution is -2.45. The van der Waals surface area contributed by atoms with Gasteiger partial charge in [-0.3, -0.25) is 9.59 Å². The van der Waals surface area contributed by atoms with Gasteiger partial charge in [0.05, 0.1) is 25.4 Å². The predicted molar refractivity (Wildman–Crippen MR) is 320 cm³/mol. The summed E-state index contributed by atoms with van der Waals surface area (Å²) >= 11 is 0. The lowest BCUT2D eigenvalue weighted by Gasteiger charge is -2.22. The summed E-state index contributed by atoms with van der Waals surface area (Å²) in [5.74, 6) is -0.0347. The Kier molecular flexibility index (Phi) is 61.4. The van der Waals surface area contributed by atoms with Crippen LogP contribution in [0.4, 0.5) is 0 Å². The van der Waals surface area contributed by atoms with Crippen LogP contribution in [0.2, 0.25) is 0 Å². The molecule has 0 aliphatic rings. The molecule has 0 aliphatic heterocycles. The van der Waals surface area contributed by atoms with Crippen LogP contribution in [-0.4, -0.2) is 47.4 Å². The van der Waals surface area contributed by atoms with E-state index in [1.807, 2.05) is 0 Å². The molecule has 3 N–H and O–H groups in total. The minimum Gasteiger partial charge on any atom is -0.466 e. The Labute approximate surface area is 456 Å². The van der Waals surface area contributed by atoms with Gasteiger partial charge in [0.2, 0.25) is 5.91 Å². The molecular formula is C67H129NO5. The zero-order chi connectivity index (χ0) is 52.9. The van der Waals surface area contributed by atoms with Gasteiger partial charge in [-0.05, 0) is 51.4 Å². The van der Waals surface area contributed by atoms with Crippen molar-refractivity contribution in [1.29, 1.82) is 0 Å². The third-order valence-corrected chi connectivity index (χ3v) is 15.5. The standard InChI is InChI=1S/C67H129NO5/c1-3-5-7-9-11-13-15-17-18-19-20-21-23-26-29-32-36-39-43-47-51-55-59-65(70)64(63-69)68-66(71)60-56-52-48-44-40-37-33-30-27-24-22-25-28-31-34-38-42-46-50-54-58-62-73-67(72)61-57-53-49-45-41-35-16-14-12-10-8-6-4-2/h8,10,14,16,64-65,69-70H,3-7,9,11-13,15,17-63H2,1-2H3,(H,68,71)/b10-8-,16-14-. The molecule has 432 valence electrons. The van der Waals surface area contributed by atoms with Crippen molar-refractivity contribution >= 4 is 11.9 Å². The zero-order valence-corrected chi connectivity index (χ0v) is 49.4. The molecule has 0 bridgehead atoms. The molecule has 6 nitrogen and oxygen atoms in total. The first kappa shape index (κ1) is 71.3. The molecule has 0 saturated carbocycles. The van der Waals surface area contributed by atoms with Crippen LogP contribution >= 0.6 is 0 Å². The van der Waals surface area contributed by atoms with E-state index in [1.165, 1.54) is 283 Å². The molecule has 73 heavy (non-hydrogen) atoms. The summed E-state index contributed by atoms with van der Waals surface area (Å²) in [6.45, 7) is 4.91. The molecule has 0 spiro atoms. The highest BCUT2D eigenvalue weighted by molar-refractivity contribution is 5.76. The van der Waals surface area contributed by atoms with Gasteiger partial charge in [0.1, 0.15) is 0 Å². The number of hydrogen-bond donors (Lipinski definition) is 3. The molecule has 0 aromatic carbocycles. The lowest BCUT2D eigenvalue weighted by molar-refractivity contribution is -0.143. The van der Waals surface area contributed by atoms with Gasteiger partial charge in [0.25, 0.3) is 0 Å². The smallest absolute Gasteiger partial charge is 0.305 e. The molecule has 0 aliphatic carbocycles. The maximum absolute atomic E-state index is 12.5. The number of nitrogens with one attached hydrogen (secondary N) is 1. The maximum atomic E-state index is 12.5. The highest BCUT2D eigenvalue weighted by Gasteiger charge is 2.20. The van der Waals surface area contributed by atoms with E-state index in [-0.39, 0.29) is 18.5 Å². The van der Waals surface area contributed by atoms with Crippen LogP contribution in [0.3, 0.4) is 0 Å². The van der Waals surface area contributed by atoms with Crippen LogP contribution in [0.15, 0.2) is 24.3 Å². The van der Waals surface area contributed by atoms with E-state index in [2.05, 4.69) is 43.5 Å². The first-order valence-corrected chi connectivity index (χ1v) is 33.1. The average molecular weight is 1030 g/mol. The number of carbonyl (C=O) groups is 2. The van der Waals surface area contributed by atoms with Crippen molar-refractivity contribution in [2.75, 3.05) is 13.2 Å². The van der Waals surface area contributed by atoms with Gasteiger partial charge < -0.3 is 20.3 Å². The second-order valence-electron chi connectivity index (χ2n) is 22.8. The minimum absolute atomic E-state index is 0.00259. The molecule has 6 heteroatoms. The number of hydrogen-bond acceptors (Lipinski definition) is 5. The molecule has 0 fully saturated rings. The van der Waals surface area contributed by atoms with Crippen molar-refractivity contribution in [3.8, 4) is 0 Å². The van der Waals surface area contributed by atoms with E-state index >= 15 is 0 Å². The van der Waals surface area contributed by atoms with Gasteiger partial charge in [-0.25, -0.2) is 0 Å². The van der Waals surface area contributed by atoms with Gasteiger partial charge in [-0.1, -0.05) is 327 Å². The van der Waals surface area contributed by atoms with Gasteiger partial charge in [-0.15, -0.1) is 0 Å². The summed E-state index contributed by atoms with van der Waals surface area (Å²) in [4.78, 5) is 24.6. The van der Waals surface area contributed by atoms with Crippen LogP contribution in [0, 0.1) is 0 Å². The van der Waals surface area contributed by atoms with E-state index < -0.39 is 12.1 Å². The van der Waals surface area contributed by atoms with Gasteiger partial charge in [-0.2, -0.15) is 0 Å². The van der Waals surface area contributed by atoms with Crippen LogP contribution in [0.1, 0.15) is 367 Å². The fourth-order valence-electron chi connectivity index (χ4n) is 10.4. The first-order chi connectivity index (χ1) is 36.0. The zero-order valence-electron chi connectivity index (χ0n) is 49.4. The van der Waals surface area contributed by atoms with Crippen LogP contribution < -0.4 is 5.32 Å². The van der Waals surface area contributed by atoms with Crippen LogP contribution in [0.25, 0.3) is 0 Å². The Morgan fingerprint density at radius 3 is 1.10 bits per heavy atom. The topological polar surface area (TPSA) is 95.9 Å². The number of carbonyl (C=O) groups excluding carboxylic acids is 2. The molecular weight excluding hydrogens is 899 g/mol. The van der Waals surface area contributed by atoms with Crippen molar-refractivity contribution < 1.29 is 24.5 Å². The van der Waals surface area contributed by atoms with E-state index in [9.17, 15) is 19.8 Å². The molecule has 0 aromatic rings. The highest BCUT2D eigenvalue weighted by atomic mass is 16.5. The minimum atomic E-state index is -0.666. The molecule has 0 rings (SSSR count). The van der Waals surface area contributed by atoms with Crippen molar-refractivity contribution in [1.82, 2.24) is 5.32 Å². The Morgan fingerprint density at radius 2 is 0.712 bits per heavy atom. The molecule has 2 atom stereocenters. The first-order valence-electron chi connectivity index (χ1n) is 33.1. The molecule has 0 heterocycles. The van der Waals surface area contributed by atoms with E-state index in [0.717, 1.165) is 51.4 Å². The molecule has 0 radical (unpaired) electrons. The Bertz CT molecular complexity index is 1140. The quantitative estimate of drug-likeness (QED) is 0.0320. The number of esters is 1. The van der Waals surface area contributed by atoms with Crippen molar-refractivity contribution in [3.05, 3.63) is 24.3 Å². The number of ether oxygens (including phenoxy) is 1. The molecule has 1 amide bonds. The number of amides is 1. The largest absolute Gasteiger partial charge is 0.466 e. The summed E-state index contributed by atoms with van der Waals surface area (Å²) in [5, 5.41) is 23.4. The Morgan fingerprint density at radius 1 is 0.384 bits per heavy atom. The van der Waals surface area contributed by atoms with Crippen LogP contribution in [-0.2, 0) is 14.3 Å². The van der Waals surface area contributed by atoms with E-state index in [0.29, 0.717) is 25.9 Å². The molecule has 2 unspecified atom stereocenters. The number of aliphatic hydroxyl groups excluding tert-OH is 2. The fourth-order valence-corrected chi connectivity index (χ4v) is 10.4. The summed E-state index contributed by atoms with van der Waals surface area (Å²) in [6, 6.07) is -0.543. The Balaban J connectivity index is 3.39. The van der Waals surface area contributed by atoms with Gasteiger partial charge in [0, 0.05) is 12.8 Å². The normalized spacial score (nSPS) is 12.7. The summed E-state index contributed by atoms with van der Waals surface area (Å²) in [5.41, 5.74) is 0. The number of unbranched alkanes of at least 4 members (excludes halogenated alkanes) is 47. The molecule has 0 saturated heterocycles. The Hall–Kier alpha value is -1.66. The van der Waals surface area contributed by atoms with Crippen molar-refractivity contribution in [3.63, 3.8) is 0 Å². The number of rotatable bonds is 62. The SMILES string of the molecule is CCC/C=C\C/C=C\CCCCCCCC(=O)OCCCCCCCCCCCCCCCCCCCCCCCC(=O)NC(CO)C(O)CCCCCCCCCCCCCCCCCCCCCCCC.